The first-order valence-corrected chi connectivity index (χ1v) is 4.64. The van der Waals surface area contributed by atoms with Crippen LogP contribution < -0.4 is 10.5 Å². The Morgan fingerprint density at radius 3 is 2.11 bits per heavy atom. The SMILES string of the molecule is COc1cc([C@H](N)C(F)(F)C(F)(F)F)ccc1F.Cl. The normalized spacial score (nSPS) is 13.7. The van der Waals surface area contributed by atoms with Crippen molar-refractivity contribution in [1.82, 2.24) is 0 Å². The van der Waals surface area contributed by atoms with Gasteiger partial charge in [-0.3, -0.25) is 0 Å². The van der Waals surface area contributed by atoms with E-state index >= 15 is 0 Å². The molecule has 0 fully saturated rings. The van der Waals surface area contributed by atoms with Crippen molar-refractivity contribution in [2.75, 3.05) is 7.11 Å². The molecule has 0 radical (unpaired) electrons. The molecule has 1 atom stereocenters. The summed E-state index contributed by atoms with van der Waals surface area (Å²) in [5.41, 5.74) is 4.31. The van der Waals surface area contributed by atoms with Gasteiger partial charge in [0.2, 0.25) is 0 Å². The van der Waals surface area contributed by atoms with Crippen molar-refractivity contribution in [2.24, 2.45) is 5.73 Å². The number of methoxy groups -OCH3 is 1. The minimum atomic E-state index is -5.78. The van der Waals surface area contributed by atoms with E-state index in [0.29, 0.717) is 12.1 Å². The van der Waals surface area contributed by atoms with Crippen LogP contribution in [0.15, 0.2) is 18.2 Å². The molecule has 0 saturated carbocycles. The molecule has 0 bridgehead atoms. The zero-order chi connectivity index (χ0) is 14.1. The molecule has 0 aliphatic rings. The van der Waals surface area contributed by atoms with Gasteiger partial charge in [-0.05, 0) is 17.7 Å². The van der Waals surface area contributed by atoms with Crippen LogP contribution in [0.3, 0.4) is 0 Å². The van der Waals surface area contributed by atoms with E-state index in [1.807, 2.05) is 0 Å². The van der Waals surface area contributed by atoms with Crippen LogP contribution in [0.25, 0.3) is 0 Å². The van der Waals surface area contributed by atoms with E-state index in [1.165, 1.54) is 0 Å². The molecule has 0 unspecified atom stereocenters. The van der Waals surface area contributed by atoms with E-state index in [2.05, 4.69) is 4.74 Å². The van der Waals surface area contributed by atoms with Crippen molar-refractivity contribution in [1.29, 1.82) is 0 Å². The van der Waals surface area contributed by atoms with Gasteiger partial charge in [0.15, 0.2) is 11.6 Å². The van der Waals surface area contributed by atoms with Crippen LogP contribution in [-0.2, 0) is 0 Å². The Hall–Kier alpha value is -1.15. The van der Waals surface area contributed by atoms with Gasteiger partial charge in [0.05, 0.1) is 7.11 Å². The van der Waals surface area contributed by atoms with Crippen LogP contribution in [0.1, 0.15) is 11.6 Å². The van der Waals surface area contributed by atoms with Gasteiger partial charge in [-0.1, -0.05) is 6.07 Å². The lowest BCUT2D eigenvalue weighted by Gasteiger charge is -2.26. The summed E-state index contributed by atoms with van der Waals surface area (Å²) < 4.78 is 79.7. The highest BCUT2D eigenvalue weighted by Crippen LogP contribution is 2.43. The molecular weight excluding hydrogens is 300 g/mol. The van der Waals surface area contributed by atoms with E-state index in [1.54, 1.807) is 0 Å². The molecule has 110 valence electrons. The maximum Gasteiger partial charge on any atom is 0.455 e. The molecule has 0 spiro atoms. The first-order chi connectivity index (χ1) is 8.11. The Kier molecular flexibility index (Phi) is 5.52. The molecule has 0 aliphatic heterocycles. The number of hydrogen-bond donors (Lipinski definition) is 1. The maximum atomic E-state index is 13.0. The molecule has 1 aromatic rings. The zero-order valence-corrected chi connectivity index (χ0v) is 10.3. The van der Waals surface area contributed by atoms with Crippen LogP contribution in [0, 0.1) is 5.82 Å². The molecule has 1 aromatic carbocycles. The summed E-state index contributed by atoms with van der Waals surface area (Å²) in [6.07, 6.45) is -5.78. The molecule has 0 aromatic heterocycles. The molecular formula is C10H10ClF6NO. The van der Waals surface area contributed by atoms with Gasteiger partial charge >= 0.3 is 12.1 Å². The first-order valence-electron chi connectivity index (χ1n) is 4.64. The molecule has 0 saturated heterocycles. The molecule has 9 heteroatoms. The van der Waals surface area contributed by atoms with Gasteiger partial charge in [0, 0.05) is 0 Å². The minimum absolute atomic E-state index is 0. The molecule has 2 nitrogen and oxygen atoms in total. The molecule has 0 heterocycles. The minimum Gasteiger partial charge on any atom is -0.494 e. The summed E-state index contributed by atoms with van der Waals surface area (Å²) in [6.45, 7) is 0. The van der Waals surface area contributed by atoms with Crippen LogP contribution in [0.4, 0.5) is 26.3 Å². The highest BCUT2D eigenvalue weighted by Gasteiger charge is 2.61. The standard InChI is InChI=1S/C10H9F6NO.ClH/c1-18-7-4-5(2-3-6(7)11)8(17)9(12,13)10(14,15)16;/h2-4,8H,17H2,1H3;1H/t8-;/m0./s1. The van der Waals surface area contributed by atoms with Crippen molar-refractivity contribution in [3.63, 3.8) is 0 Å². The van der Waals surface area contributed by atoms with Crippen LogP contribution in [0.5, 0.6) is 5.75 Å². The summed E-state index contributed by atoms with van der Waals surface area (Å²) >= 11 is 0. The second-order valence-corrected chi connectivity index (χ2v) is 3.49. The predicted molar refractivity (Wildman–Crippen MR) is 58.1 cm³/mol. The fourth-order valence-corrected chi connectivity index (χ4v) is 1.26. The largest absolute Gasteiger partial charge is 0.494 e. The van der Waals surface area contributed by atoms with E-state index in [9.17, 15) is 26.3 Å². The quantitative estimate of drug-likeness (QED) is 0.868. The van der Waals surface area contributed by atoms with Crippen molar-refractivity contribution < 1.29 is 31.1 Å². The summed E-state index contributed by atoms with van der Waals surface area (Å²) in [5.74, 6) is -6.46. The van der Waals surface area contributed by atoms with Crippen LogP contribution in [0.2, 0.25) is 0 Å². The Balaban J connectivity index is 0.00000324. The highest BCUT2D eigenvalue weighted by atomic mass is 35.5. The van der Waals surface area contributed by atoms with Gasteiger partial charge in [-0.15, -0.1) is 12.4 Å². The van der Waals surface area contributed by atoms with E-state index in [0.717, 1.165) is 13.2 Å². The lowest BCUT2D eigenvalue weighted by atomic mass is 10.0. The first kappa shape index (κ1) is 17.8. The predicted octanol–water partition coefficient (Wildman–Crippen LogP) is 3.45. The van der Waals surface area contributed by atoms with Gasteiger partial charge in [0.25, 0.3) is 0 Å². The second-order valence-electron chi connectivity index (χ2n) is 3.49. The molecule has 2 N–H and O–H groups in total. The third-order valence-corrected chi connectivity index (χ3v) is 2.30. The number of ether oxygens (including phenoxy) is 1. The summed E-state index contributed by atoms with van der Waals surface area (Å²) in [4.78, 5) is 0. The molecule has 19 heavy (non-hydrogen) atoms. The smallest absolute Gasteiger partial charge is 0.455 e. The summed E-state index contributed by atoms with van der Waals surface area (Å²) in [6, 6.07) is -0.463. The van der Waals surface area contributed by atoms with E-state index in [4.69, 9.17) is 5.73 Å². The Bertz CT molecular complexity index is 437. The number of alkyl halides is 5. The van der Waals surface area contributed by atoms with Crippen molar-refractivity contribution in [2.45, 2.75) is 18.1 Å². The summed E-state index contributed by atoms with van der Waals surface area (Å²) in [7, 11) is 1.05. The third-order valence-electron chi connectivity index (χ3n) is 2.30. The zero-order valence-electron chi connectivity index (χ0n) is 9.47. The number of hydrogen-bond acceptors (Lipinski definition) is 2. The lowest BCUT2D eigenvalue weighted by molar-refractivity contribution is -0.291. The second kappa shape index (κ2) is 5.87. The average molecular weight is 310 g/mol. The average Bonchev–Trinajstić information content (AvgIpc) is 2.27. The molecule has 1 rings (SSSR count). The van der Waals surface area contributed by atoms with Gasteiger partial charge in [-0.2, -0.15) is 22.0 Å². The van der Waals surface area contributed by atoms with Crippen LogP contribution >= 0.6 is 12.4 Å². The Morgan fingerprint density at radius 1 is 1.16 bits per heavy atom. The Labute approximate surface area is 110 Å². The number of halogens is 7. The fraction of sp³-hybridized carbons (Fsp3) is 0.400. The van der Waals surface area contributed by atoms with E-state index in [-0.39, 0.29) is 12.4 Å². The van der Waals surface area contributed by atoms with Crippen molar-refractivity contribution >= 4 is 12.4 Å². The van der Waals surface area contributed by atoms with Gasteiger partial charge in [-0.25, -0.2) is 4.39 Å². The lowest BCUT2D eigenvalue weighted by Crippen LogP contribution is -2.45. The monoisotopic (exact) mass is 309 g/mol. The third kappa shape index (κ3) is 3.44. The topological polar surface area (TPSA) is 35.2 Å². The maximum absolute atomic E-state index is 13.0. The van der Waals surface area contributed by atoms with Crippen molar-refractivity contribution in [3.05, 3.63) is 29.6 Å². The van der Waals surface area contributed by atoms with Gasteiger partial charge < -0.3 is 10.5 Å². The Morgan fingerprint density at radius 2 is 1.68 bits per heavy atom. The number of rotatable bonds is 3. The van der Waals surface area contributed by atoms with Crippen LogP contribution in [-0.4, -0.2) is 19.2 Å². The van der Waals surface area contributed by atoms with Crippen molar-refractivity contribution in [3.8, 4) is 5.75 Å². The molecule has 0 aliphatic carbocycles. The van der Waals surface area contributed by atoms with E-state index < -0.39 is 35.3 Å². The molecule has 0 amide bonds. The van der Waals surface area contributed by atoms with Gasteiger partial charge in [0.1, 0.15) is 6.04 Å². The summed E-state index contributed by atoms with van der Waals surface area (Å²) in [5, 5.41) is 0. The number of nitrogens with two attached hydrogens (primary N) is 1. The highest BCUT2D eigenvalue weighted by molar-refractivity contribution is 5.85. The number of benzene rings is 1. The fourth-order valence-electron chi connectivity index (χ4n) is 1.26.